The second-order valence-electron chi connectivity index (χ2n) is 9.75. The lowest BCUT2D eigenvalue weighted by molar-refractivity contribution is -0.121. The van der Waals surface area contributed by atoms with Crippen LogP contribution in [0.2, 0.25) is 0 Å². The zero-order valence-electron chi connectivity index (χ0n) is 20.8. The van der Waals surface area contributed by atoms with Crippen molar-refractivity contribution in [1.82, 2.24) is 9.71 Å². The van der Waals surface area contributed by atoms with E-state index in [9.17, 15) is 13.2 Å². The van der Waals surface area contributed by atoms with Crippen LogP contribution in [0.3, 0.4) is 0 Å². The Labute approximate surface area is 206 Å². The average Bonchev–Trinajstić information content (AvgIpc) is 3.60. The normalized spacial score (nSPS) is 15.1. The average molecular weight is 497 g/mol. The van der Waals surface area contributed by atoms with Gasteiger partial charge in [-0.1, -0.05) is 32.0 Å². The molecule has 2 aromatic carbocycles. The number of hydrogen-bond acceptors (Lipinski definition) is 6. The first-order chi connectivity index (χ1) is 16.5. The maximum absolute atomic E-state index is 13.6. The topological polar surface area (TPSA) is 94.6 Å². The standard InChI is InChI=1S/C27H32N2O5S/c1-6-34-23-13-11-19(26(3,4)17-33-5)16-21(23)27(14-15-27)25(30)29-35(31,32)24-9-7-8-22-20(24)12-10-18(2)28-22/h7-13,16H,6,14-15,17H2,1-5H3,(H,29,30). The Bertz CT molecular complexity index is 1380. The number of amides is 1. The van der Waals surface area contributed by atoms with Crippen LogP contribution < -0.4 is 9.46 Å². The minimum Gasteiger partial charge on any atom is -0.494 e. The van der Waals surface area contributed by atoms with Crippen molar-refractivity contribution in [3.05, 3.63) is 65.4 Å². The number of rotatable bonds is 9. The molecule has 0 aliphatic heterocycles. The molecule has 3 aromatic rings. The fourth-order valence-corrected chi connectivity index (χ4v) is 5.80. The molecule has 0 atom stereocenters. The van der Waals surface area contributed by atoms with E-state index in [0.29, 0.717) is 48.3 Å². The fraction of sp³-hybridized carbons (Fsp3) is 0.407. The number of fused-ring (bicyclic) bond motifs is 1. The minimum atomic E-state index is -4.12. The monoisotopic (exact) mass is 496 g/mol. The van der Waals surface area contributed by atoms with Crippen molar-refractivity contribution < 1.29 is 22.7 Å². The molecule has 0 bridgehead atoms. The molecule has 0 spiro atoms. The summed E-state index contributed by atoms with van der Waals surface area (Å²) in [6, 6.07) is 14.2. The van der Waals surface area contributed by atoms with Crippen LogP contribution in [0.25, 0.3) is 10.9 Å². The molecule has 4 rings (SSSR count). The molecule has 1 heterocycles. The summed E-state index contributed by atoms with van der Waals surface area (Å²) in [7, 11) is -2.47. The molecular weight excluding hydrogens is 464 g/mol. The summed E-state index contributed by atoms with van der Waals surface area (Å²) < 4.78 is 40.3. The van der Waals surface area contributed by atoms with E-state index in [1.165, 1.54) is 6.07 Å². The first kappa shape index (κ1) is 25.1. The number of aromatic nitrogens is 1. The van der Waals surface area contributed by atoms with Crippen molar-refractivity contribution in [2.75, 3.05) is 20.3 Å². The molecule has 35 heavy (non-hydrogen) atoms. The predicted molar refractivity (Wildman–Crippen MR) is 135 cm³/mol. The molecule has 1 aromatic heterocycles. The molecule has 8 heteroatoms. The summed E-state index contributed by atoms with van der Waals surface area (Å²) in [5.74, 6) is 0.0524. The van der Waals surface area contributed by atoms with Gasteiger partial charge in [0.25, 0.3) is 10.0 Å². The number of nitrogens with one attached hydrogen (secondary N) is 1. The van der Waals surface area contributed by atoms with Crippen LogP contribution in [-0.2, 0) is 30.4 Å². The van der Waals surface area contributed by atoms with Crippen LogP contribution in [0.5, 0.6) is 5.75 Å². The number of ether oxygens (including phenoxy) is 2. The van der Waals surface area contributed by atoms with E-state index in [-0.39, 0.29) is 10.3 Å². The summed E-state index contributed by atoms with van der Waals surface area (Å²) in [6.07, 6.45) is 1.08. The SMILES string of the molecule is CCOc1ccc(C(C)(C)COC)cc1C1(C(=O)NS(=O)(=O)c2cccc3nc(C)ccc23)CC1. The van der Waals surface area contributed by atoms with Crippen LogP contribution in [0, 0.1) is 6.92 Å². The lowest BCUT2D eigenvalue weighted by atomic mass is 9.82. The van der Waals surface area contributed by atoms with Crippen LogP contribution >= 0.6 is 0 Å². The second kappa shape index (κ2) is 9.24. The second-order valence-corrected chi connectivity index (χ2v) is 11.4. The molecule has 0 unspecified atom stereocenters. The highest BCUT2D eigenvalue weighted by molar-refractivity contribution is 7.90. The summed E-state index contributed by atoms with van der Waals surface area (Å²) in [5.41, 5.74) is 1.80. The third-order valence-electron chi connectivity index (χ3n) is 6.61. The van der Waals surface area contributed by atoms with E-state index < -0.39 is 21.3 Å². The fourth-order valence-electron chi connectivity index (χ4n) is 4.53. The van der Waals surface area contributed by atoms with Gasteiger partial charge in [-0.3, -0.25) is 9.78 Å². The van der Waals surface area contributed by atoms with Gasteiger partial charge in [0.05, 0.1) is 29.0 Å². The van der Waals surface area contributed by atoms with Crippen molar-refractivity contribution >= 4 is 26.8 Å². The van der Waals surface area contributed by atoms with Gasteiger partial charge in [-0.05, 0) is 62.6 Å². The molecule has 1 aliphatic rings. The first-order valence-electron chi connectivity index (χ1n) is 11.7. The van der Waals surface area contributed by atoms with Gasteiger partial charge in [-0.25, -0.2) is 13.1 Å². The van der Waals surface area contributed by atoms with Gasteiger partial charge in [0, 0.05) is 29.2 Å². The smallest absolute Gasteiger partial charge is 0.264 e. The molecule has 7 nitrogen and oxygen atoms in total. The Morgan fingerprint density at radius 1 is 1.14 bits per heavy atom. The highest BCUT2D eigenvalue weighted by atomic mass is 32.2. The maximum atomic E-state index is 13.6. The van der Waals surface area contributed by atoms with E-state index in [0.717, 1.165) is 11.3 Å². The highest BCUT2D eigenvalue weighted by Crippen LogP contribution is 2.52. The summed E-state index contributed by atoms with van der Waals surface area (Å²) in [6.45, 7) is 8.80. The summed E-state index contributed by atoms with van der Waals surface area (Å²) in [4.78, 5) is 18.0. The van der Waals surface area contributed by atoms with Gasteiger partial charge in [0.2, 0.25) is 5.91 Å². The number of carbonyl (C=O) groups is 1. The maximum Gasteiger partial charge on any atom is 0.264 e. The van der Waals surface area contributed by atoms with E-state index >= 15 is 0 Å². The van der Waals surface area contributed by atoms with Crippen LogP contribution in [0.4, 0.5) is 0 Å². The van der Waals surface area contributed by atoms with Crippen LogP contribution in [0.1, 0.15) is 50.4 Å². The lowest BCUT2D eigenvalue weighted by Crippen LogP contribution is -2.39. The molecule has 0 saturated heterocycles. The number of nitrogens with zero attached hydrogens (tertiary/aromatic N) is 1. The number of aryl methyl sites for hydroxylation is 1. The van der Waals surface area contributed by atoms with Crippen molar-refractivity contribution in [3.8, 4) is 5.75 Å². The highest BCUT2D eigenvalue weighted by Gasteiger charge is 2.54. The molecule has 1 aliphatic carbocycles. The number of methoxy groups -OCH3 is 1. The predicted octanol–water partition coefficient (Wildman–Crippen LogP) is 4.40. The first-order valence-corrected chi connectivity index (χ1v) is 13.2. The Balaban J connectivity index is 1.72. The number of benzene rings is 2. The quantitative estimate of drug-likeness (QED) is 0.472. The molecule has 1 amide bonds. The summed E-state index contributed by atoms with van der Waals surface area (Å²) >= 11 is 0. The van der Waals surface area contributed by atoms with Crippen molar-refractivity contribution in [3.63, 3.8) is 0 Å². The molecule has 1 fully saturated rings. The van der Waals surface area contributed by atoms with E-state index in [1.807, 2.05) is 32.0 Å². The Hall–Kier alpha value is -2.97. The Morgan fingerprint density at radius 3 is 2.54 bits per heavy atom. The minimum absolute atomic E-state index is 0.0339. The Morgan fingerprint density at radius 2 is 1.89 bits per heavy atom. The number of hydrogen-bond donors (Lipinski definition) is 1. The van der Waals surface area contributed by atoms with Gasteiger partial charge in [-0.15, -0.1) is 0 Å². The van der Waals surface area contributed by atoms with Gasteiger partial charge < -0.3 is 9.47 Å². The van der Waals surface area contributed by atoms with Gasteiger partial charge in [0.15, 0.2) is 0 Å². The zero-order chi connectivity index (χ0) is 25.4. The largest absolute Gasteiger partial charge is 0.494 e. The molecule has 1 saturated carbocycles. The van der Waals surface area contributed by atoms with Crippen LogP contribution in [-0.4, -0.2) is 39.6 Å². The van der Waals surface area contributed by atoms with E-state index in [4.69, 9.17) is 9.47 Å². The zero-order valence-corrected chi connectivity index (χ0v) is 21.7. The molecular formula is C27H32N2O5S. The molecule has 186 valence electrons. The number of carbonyl (C=O) groups excluding carboxylic acids is 1. The third kappa shape index (κ3) is 4.77. The van der Waals surface area contributed by atoms with Gasteiger partial charge in [-0.2, -0.15) is 0 Å². The van der Waals surface area contributed by atoms with Gasteiger partial charge in [0.1, 0.15) is 5.75 Å². The van der Waals surface area contributed by atoms with Crippen molar-refractivity contribution in [2.45, 2.75) is 56.3 Å². The molecule has 1 N–H and O–H groups in total. The lowest BCUT2D eigenvalue weighted by Gasteiger charge is -2.27. The van der Waals surface area contributed by atoms with Gasteiger partial charge >= 0.3 is 0 Å². The van der Waals surface area contributed by atoms with Crippen molar-refractivity contribution in [1.29, 1.82) is 0 Å². The van der Waals surface area contributed by atoms with Crippen LogP contribution in [0.15, 0.2) is 53.4 Å². The molecule has 0 radical (unpaired) electrons. The third-order valence-corrected chi connectivity index (χ3v) is 8.00. The van der Waals surface area contributed by atoms with E-state index in [2.05, 4.69) is 23.6 Å². The van der Waals surface area contributed by atoms with Crippen molar-refractivity contribution in [2.24, 2.45) is 0 Å². The number of sulfonamides is 1. The Kier molecular flexibility index (Phi) is 6.64. The number of pyridine rings is 1. The summed E-state index contributed by atoms with van der Waals surface area (Å²) in [5, 5.41) is 0.474. The van der Waals surface area contributed by atoms with E-state index in [1.54, 1.807) is 31.4 Å².